The van der Waals surface area contributed by atoms with Crippen molar-refractivity contribution in [1.29, 1.82) is 0 Å². The van der Waals surface area contributed by atoms with Gasteiger partial charge in [-0.05, 0) is 6.07 Å². The molecular formula is C6H7NO3. The van der Waals surface area contributed by atoms with Gasteiger partial charge in [0.25, 0.3) is 11.9 Å². The molecule has 10 heavy (non-hydrogen) atoms. The second-order valence-corrected chi connectivity index (χ2v) is 1.69. The largest absolute Gasteiger partial charge is 0.468 e. The molecule has 1 aromatic heterocycles. The fourth-order valence-electron chi connectivity index (χ4n) is 0.636. The molecule has 0 aliphatic heterocycles. The molecule has 0 atom stereocenters. The van der Waals surface area contributed by atoms with Crippen molar-refractivity contribution in [3.63, 3.8) is 0 Å². The Bertz CT molecular complexity index is 241. The Kier molecular flexibility index (Phi) is 1.62. The Hall–Kier alpha value is -1.45. The van der Waals surface area contributed by atoms with Gasteiger partial charge in [-0.2, -0.15) is 0 Å². The van der Waals surface area contributed by atoms with E-state index < -0.39 is 5.91 Å². The van der Waals surface area contributed by atoms with Crippen molar-refractivity contribution >= 4 is 5.91 Å². The molecule has 0 fully saturated rings. The molecule has 4 nitrogen and oxygen atoms in total. The van der Waals surface area contributed by atoms with Crippen LogP contribution in [-0.2, 0) is 0 Å². The molecule has 54 valence electrons. The van der Waals surface area contributed by atoms with Crippen LogP contribution in [0.15, 0.2) is 16.7 Å². The zero-order chi connectivity index (χ0) is 7.56. The number of methoxy groups -OCH3 is 1. The summed E-state index contributed by atoms with van der Waals surface area (Å²) < 4.78 is 9.43. The second-order valence-electron chi connectivity index (χ2n) is 1.69. The minimum atomic E-state index is -0.550. The molecule has 0 radical (unpaired) electrons. The predicted molar refractivity (Wildman–Crippen MR) is 33.8 cm³/mol. The highest BCUT2D eigenvalue weighted by molar-refractivity contribution is 5.94. The van der Waals surface area contributed by atoms with E-state index in [0.717, 1.165) is 0 Å². The van der Waals surface area contributed by atoms with Crippen LogP contribution in [0.2, 0.25) is 0 Å². The number of hydrogen-bond acceptors (Lipinski definition) is 3. The van der Waals surface area contributed by atoms with Gasteiger partial charge in [0, 0.05) is 0 Å². The Labute approximate surface area is 57.6 Å². The van der Waals surface area contributed by atoms with Crippen molar-refractivity contribution in [2.75, 3.05) is 7.11 Å². The van der Waals surface area contributed by atoms with Gasteiger partial charge in [-0.1, -0.05) is 0 Å². The molecule has 1 heterocycles. The molecule has 1 rings (SSSR count). The van der Waals surface area contributed by atoms with E-state index in [0.29, 0.717) is 0 Å². The summed E-state index contributed by atoms with van der Waals surface area (Å²) in [7, 11) is 1.41. The molecule has 4 heteroatoms. The minimum Gasteiger partial charge on any atom is -0.468 e. The average Bonchev–Trinajstić information content (AvgIpc) is 2.33. The van der Waals surface area contributed by atoms with Gasteiger partial charge >= 0.3 is 0 Å². The van der Waals surface area contributed by atoms with E-state index in [2.05, 4.69) is 4.74 Å². The molecular weight excluding hydrogens is 134 g/mol. The summed E-state index contributed by atoms with van der Waals surface area (Å²) in [6.45, 7) is 0. The fourth-order valence-corrected chi connectivity index (χ4v) is 0.636. The quantitative estimate of drug-likeness (QED) is 0.647. The number of rotatable bonds is 2. The number of nitrogens with two attached hydrogens (primary N) is 1. The molecule has 0 spiro atoms. The second kappa shape index (κ2) is 2.43. The Morgan fingerprint density at radius 3 is 2.90 bits per heavy atom. The standard InChI is InChI=1S/C6H7NO3/c1-9-6-4(5(7)8)2-3-10-6/h2-3H,1H3,(H2,7,8). The van der Waals surface area contributed by atoms with Crippen LogP contribution >= 0.6 is 0 Å². The number of amides is 1. The van der Waals surface area contributed by atoms with Crippen molar-refractivity contribution in [3.05, 3.63) is 17.9 Å². The number of furan rings is 1. The lowest BCUT2D eigenvalue weighted by molar-refractivity contribution is 0.0995. The molecule has 0 aliphatic carbocycles. The number of carbonyl (C=O) groups excluding carboxylic acids is 1. The van der Waals surface area contributed by atoms with Crippen LogP contribution in [0.1, 0.15) is 10.4 Å². The van der Waals surface area contributed by atoms with Crippen molar-refractivity contribution in [1.82, 2.24) is 0 Å². The Morgan fingerprint density at radius 2 is 2.50 bits per heavy atom. The predicted octanol–water partition coefficient (Wildman–Crippen LogP) is 0.387. The van der Waals surface area contributed by atoms with Crippen molar-refractivity contribution in [2.24, 2.45) is 5.73 Å². The van der Waals surface area contributed by atoms with Crippen LogP contribution in [0, 0.1) is 0 Å². The van der Waals surface area contributed by atoms with Gasteiger partial charge in [0.05, 0.1) is 13.4 Å². The van der Waals surface area contributed by atoms with E-state index in [1.54, 1.807) is 0 Å². The first-order valence-corrected chi connectivity index (χ1v) is 2.67. The van der Waals surface area contributed by atoms with Gasteiger partial charge in [-0.3, -0.25) is 4.79 Å². The third-order valence-corrected chi connectivity index (χ3v) is 1.08. The Morgan fingerprint density at radius 1 is 1.80 bits per heavy atom. The number of hydrogen-bond donors (Lipinski definition) is 1. The molecule has 0 bridgehead atoms. The van der Waals surface area contributed by atoms with Crippen molar-refractivity contribution in [2.45, 2.75) is 0 Å². The summed E-state index contributed by atoms with van der Waals surface area (Å²) in [6.07, 6.45) is 1.35. The number of carbonyl (C=O) groups is 1. The normalized spacial score (nSPS) is 9.30. The van der Waals surface area contributed by atoms with Crippen molar-refractivity contribution < 1.29 is 13.9 Å². The monoisotopic (exact) mass is 141 g/mol. The first-order valence-electron chi connectivity index (χ1n) is 2.67. The lowest BCUT2D eigenvalue weighted by atomic mass is 10.3. The van der Waals surface area contributed by atoms with Gasteiger partial charge in [0.15, 0.2) is 0 Å². The summed E-state index contributed by atoms with van der Waals surface area (Å²) in [5, 5.41) is 0. The van der Waals surface area contributed by atoms with Crippen molar-refractivity contribution in [3.8, 4) is 5.95 Å². The smallest absolute Gasteiger partial charge is 0.297 e. The average molecular weight is 141 g/mol. The van der Waals surface area contributed by atoms with Crippen LogP contribution in [0.3, 0.4) is 0 Å². The SMILES string of the molecule is COc1occc1C(N)=O. The van der Waals surface area contributed by atoms with Gasteiger partial charge in [0.2, 0.25) is 0 Å². The highest BCUT2D eigenvalue weighted by Gasteiger charge is 2.10. The van der Waals surface area contributed by atoms with E-state index >= 15 is 0 Å². The molecule has 0 unspecified atom stereocenters. The highest BCUT2D eigenvalue weighted by atomic mass is 16.6. The molecule has 0 saturated heterocycles. The molecule has 2 N–H and O–H groups in total. The van der Waals surface area contributed by atoms with Gasteiger partial charge in [0.1, 0.15) is 5.56 Å². The first-order chi connectivity index (χ1) is 4.75. The maximum Gasteiger partial charge on any atom is 0.297 e. The maximum atomic E-state index is 10.5. The van der Waals surface area contributed by atoms with E-state index in [1.165, 1.54) is 19.4 Å². The Balaban J connectivity index is 3.01. The fraction of sp³-hybridized carbons (Fsp3) is 0.167. The van der Waals surface area contributed by atoms with Crippen LogP contribution in [0.25, 0.3) is 0 Å². The first kappa shape index (κ1) is 6.67. The summed E-state index contributed by atoms with van der Waals surface area (Å²) in [6, 6.07) is 1.46. The zero-order valence-corrected chi connectivity index (χ0v) is 5.46. The molecule has 0 saturated carbocycles. The lowest BCUT2D eigenvalue weighted by Gasteiger charge is -1.93. The number of primary amides is 1. The van der Waals surface area contributed by atoms with Gasteiger partial charge < -0.3 is 14.9 Å². The van der Waals surface area contributed by atoms with Crippen LogP contribution < -0.4 is 10.5 Å². The minimum absolute atomic E-state index is 0.160. The molecule has 0 aliphatic rings. The third-order valence-electron chi connectivity index (χ3n) is 1.08. The van der Waals surface area contributed by atoms with Crippen LogP contribution in [0.4, 0.5) is 0 Å². The third kappa shape index (κ3) is 0.953. The summed E-state index contributed by atoms with van der Waals surface area (Å²) in [4.78, 5) is 10.5. The van der Waals surface area contributed by atoms with E-state index in [4.69, 9.17) is 10.2 Å². The molecule has 1 aromatic rings. The highest BCUT2D eigenvalue weighted by Crippen LogP contribution is 2.17. The molecule has 0 aromatic carbocycles. The van der Waals surface area contributed by atoms with Crippen LogP contribution in [-0.4, -0.2) is 13.0 Å². The van der Waals surface area contributed by atoms with Gasteiger partial charge in [-0.15, -0.1) is 0 Å². The van der Waals surface area contributed by atoms with E-state index in [9.17, 15) is 4.79 Å². The van der Waals surface area contributed by atoms with Crippen LogP contribution in [0.5, 0.6) is 5.95 Å². The maximum absolute atomic E-state index is 10.5. The summed E-state index contributed by atoms with van der Waals surface area (Å²) >= 11 is 0. The lowest BCUT2D eigenvalue weighted by Crippen LogP contribution is -2.10. The molecule has 1 amide bonds. The zero-order valence-electron chi connectivity index (χ0n) is 5.46. The van der Waals surface area contributed by atoms with E-state index in [-0.39, 0.29) is 11.5 Å². The number of ether oxygens (including phenoxy) is 1. The van der Waals surface area contributed by atoms with Gasteiger partial charge in [-0.25, -0.2) is 0 Å². The van der Waals surface area contributed by atoms with E-state index in [1.807, 2.05) is 0 Å². The summed E-state index contributed by atoms with van der Waals surface area (Å²) in [5.74, 6) is -0.391. The topological polar surface area (TPSA) is 65.5 Å². The summed E-state index contributed by atoms with van der Waals surface area (Å²) in [5.41, 5.74) is 5.22.